The molecule has 1 amide bonds. The third kappa shape index (κ3) is 4.83. The van der Waals surface area contributed by atoms with Gasteiger partial charge < -0.3 is 10.0 Å². The monoisotopic (exact) mass is 343 g/mol. The zero-order valence-corrected chi connectivity index (χ0v) is 15.0. The molecule has 4 nitrogen and oxygen atoms in total. The van der Waals surface area contributed by atoms with E-state index in [4.69, 9.17) is 0 Å². The number of benzene rings is 1. The number of hydrogen-bond acceptors (Lipinski definition) is 2. The summed E-state index contributed by atoms with van der Waals surface area (Å²) in [4.78, 5) is 25.8. The lowest BCUT2D eigenvalue weighted by Gasteiger charge is -2.32. The summed E-state index contributed by atoms with van der Waals surface area (Å²) in [7, 11) is 0. The molecule has 0 radical (unpaired) electrons. The second-order valence-electron chi connectivity index (χ2n) is 7.68. The lowest BCUT2D eigenvalue weighted by Crippen LogP contribution is -2.39. The number of carboxylic acids is 1. The first-order chi connectivity index (χ1) is 12.1. The van der Waals surface area contributed by atoms with Gasteiger partial charge in [-0.15, -0.1) is 0 Å². The summed E-state index contributed by atoms with van der Waals surface area (Å²) in [6, 6.07) is 7.28. The predicted octanol–water partition coefficient (Wildman–Crippen LogP) is 4.14. The van der Waals surface area contributed by atoms with Gasteiger partial charge in [0.15, 0.2) is 0 Å². The number of amides is 1. The van der Waals surface area contributed by atoms with E-state index < -0.39 is 5.97 Å². The normalized spacial score (nSPS) is 19.3. The van der Waals surface area contributed by atoms with Crippen LogP contribution in [0.1, 0.15) is 67.3 Å². The molecule has 0 spiro atoms. The minimum atomic E-state index is -0.852. The van der Waals surface area contributed by atoms with Gasteiger partial charge in [0, 0.05) is 19.5 Å². The fourth-order valence-electron chi connectivity index (χ4n) is 4.39. The summed E-state index contributed by atoms with van der Waals surface area (Å²) in [6.07, 6.45) is 9.79. The highest BCUT2D eigenvalue weighted by molar-refractivity contribution is 5.89. The number of nitrogens with zero attached hydrogens (tertiary/aromatic N) is 1. The van der Waals surface area contributed by atoms with Crippen LogP contribution in [0.15, 0.2) is 24.3 Å². The number of carbonyl (C=O) groups is 2. The quantitative estimate of drug-likeness (QED) is 0.844. The van der Waals surface area contributed by atoms with Crippen LogP contribution in [0.5, 0.6) is 0 Å². The van der Waals surface area contributed by atoms with Crippen LogP contribution in [-0.2, 0) is 11.2 Å². The summed E-state index contributed by atoms with van der Waals surface area (Å²) in [6.45, 7) is 1.65. The molecular weight excluding hydrogens is 314 g/mol. The predicted molar refractivity (Wildman–Crippen MR) is 97.6 cm³/mol. The number of piperidine rings is 1. The van der Waals surface area contributed by atoms with Gasteiger partial charge in [-0.25, -0.2) is 4.79 Å². The molecule has 1 saturated heterocycles. The topological polar surface area (TPSA) is 57.6 Å². The highest BCUT2D eigenvalue weighted by Crippen LogP contribution is 2.29. The lowest BCUT2D eigenvalue weighted by molar-refractivity contribution is -0.132. The molecule has 1 saturated carbocycles. The maximum atomic E-state index is 12.4. The zero-order valence-electron chi connectivity index (χ0n) is 15.0. The van der Waals surface area contributed by atoms with E-state index in [0.717, 1.165) is 50.3 Å². The first-order valence-electron chi connectivity index (χ1n) is 9.72. The van der Waals surface area contributed by atoms with Gasteiger partial charge in [0.05, 0.1) is 5.56 Å². The van der Waals surface area contributed by atoms with Gasteiger partial charge >= 0.3 is 5.97 Å². The van der Waals surface area contributed by atoms with Crippen molar-refractivity contribution in [3.05, 3.63) is 35.4 Å². The molecule has 1 aliphatic carbocycles. The Labute approximate surface area is 150 Å². The Kier molecular flexibility index (Phi) is 6.11. The van der Waals surface area contributed by atoms with Gasteiger partial charge in [0.1, 0.15) is 0 Å². The molecule has 1 aromatic carbocycles. The van der Waals surface area contributed by atoms with Gasteiger partial charge in [-0.3, -0.25) is 4.79 Å². The Bertz CT molecular complexity index is 599. The molecule has 2 fully saturated rings. The van der Waals surface area contributed by atoms with Crippen LogP contribution in [0.3, 0.4) is 0 Å². The van der Waals surface area contributed by atoms with Gasteiger partial charge in [-0.1, -0.05) is 43.9 Å². The minimum absolute atomic E-state index is 0.316. The lowest BCUT2D eigenvalue weighted by atomic mass is 9.88. The number of likely N-dealkylation sites (tertiary alicyclic amines) is 1. The molecule has 0 unspecified atom stereocenters. The first-order valence-corrected chi connectivity index (χ1v) is 9.72. The molecule has 136 valence electrons. The molecule has 2 aliphatic rings. The maximum absolute atomic E-state index is 12.4. The first kappa shape index (κ1) is 18.0. The van der Waals surface area contributed by atoms with E-state index in [1.54, 1.807) is 12.1 Å². The standard InChI is InChI=1S/C21H29NO3/c23-20(10-9-16-5-1-2-6-16)22-13-11-17(12-14-22)15-18-7-3-4-8-19(18)21(24)25/h3-4,7-8,16-17H,1-2,5-6,9-15H2,(H,24,25). The van der Waals surface area contributed by atoms with Crippen LogP contribution < -0.4 is 0 Å². The maximum Gasteiger partial charge on any atom is 0.335 e. The van der Waals surface area contributed by atoms with Crippen molar-refractivity contribution in [2.24, 2.45) is 11.8 Å². The van der Waals surface area contributed by atoms with Crippen molar-refractivity contribution in [1.29, 1.82) is 0 Å². The molecule has 0 atom stereocenters. The minimum Gasteiger partial charge on any atom is -0.478 e. The average molecular weight is 343 g/mol. The highest BCUT2D eigenvalue weighted by atomic mass is 16.4. The van der Waals surface area contributed by atoms with Gasteiger partial charge in [-0.05, 0) is 49.1 Å². The Balaban J connectivity index is 1.45. The Morgan fingerprint density at radius 2 is 1.68 bits per heavy atom. The molecule has 0 aromatic heterocycles. The summed E-state index contributed by atoms with van der Waals surface area (Å²) in [5, 5.41) is 9.31. The van der Waals surface area contributed by atoms with E-state index in [2.05, 4.69) is 0 Å². The summed E-state index contributed by atoms with van der Waals surface area (Å²) in [5.74, 6) is 0.708. The summed E-state index contributed by atoms with van der Waals surface area (Å²) in [5.41, 5.74) is 1.33. The van der Waals surface area contributed by atoms with E-state index in [1.165, 1.54) is 25.7 Å². The summed E-state index contributed by atoms with van der Waals surface area (Å²) >= 11 is 0. The third-order valence-electron chi connectivity index (χ3n) is 5.96. The van der Waals surface area contributed by atoms with E-state index in [-0.39, 0.29) is 0 Å². The van der Waals surface area contributed by atoms with Crippen LogP contribution >= 0.6 is 0 Å². The number of aromatic carboxylic acids is 1. The van der Waals surface area contributed by atoms with E-state index in [0.29, 0.717) is 23.8 Å². The van der Waals surface area contributed by atoms with Gasteiger partial charge in [0.2, 0.25) is 5.91 Å². The second kappa shape index (κ2) is 8.50. The largest absolute Gasteiger partial charge is 0.478 e. The van der Waals surface area contributed by atoms with Crippen molar-refractivity contribution in [2.75, 3.05) is 13.1 Å². The molecular formula is C21H29NO3. The Hall–Kier alpha value is -1.84. The van der Waals surface area contributed by atoms with Crippen molar-refractivity contribution in [2.45, 2.75) is 57.8 Å². The fourth-order valence-corrected chi connectivity index (χ4v) is 4.39. The van der Waals surface area contributed by atoms with Crippen molar-refractivity contribution >= 4 is 11.9 Å². The molecule has 1 heterocycles. The molecule has 0 bridgehead atoms. The van der Waals surface area contributed by atoms with E-state index >= 15 is 0 Å². The molecule has 4 heteroatoms. The Morgan fingerprint density at radius 1 is 1.00 bits per heavy atom. The van der Waals surface area contributed by atoms with E-state index in [9.17, 15) is 14.7 Å². The molecule has 3 rings (SSSR count). The zero-order chi connectivity index (χ0) is 17.6. The second-order valence-corrected chi connectivity index (χ2v) is 7.68. The van der Waals surface area contributed by atoms with Crippen molar-refractivity contribution in [3.63, 3.8) is 0 Å². The van der Waals surface area contributed by atoms with Crippen LogP contribution in [0.25, 0.3) is 0 Å². The van der Waals surface area contributed by atoms with Crippen molar-refractivity contribution in [3.8, 4) is 0 Å². The fraction of sp³-hybridized carbons (Fsp3) is 0.619. The number of hydrogen-bond donors (Lipinski definition) is 1. The van der Waals surface area contributed by atoms with Gasteiger partial charge in [-0.2, -0.15) is 0 Å². The number of carboxylic acid groups (broad SMARTS) is 1. The summed E-state index contributed by atoms with van der Waals surface area (Å²) < 4.78 is 0. The van der Waals surface area contributed by atoms with E-state index in [1.807, 2.05) is 17.0 Å². The van der Waals surface area contributed by atoms with Gasteiger partial charge in [0.25, 0.3) is 0 Å². The molecule has 25 heavy (non-hydrogen) atoms. The molecule has 1 aromatic rings. The van der Waals surface area contributed by atoms with Crippen molar-refractivity contribution in [1.82, 2.24) is 4.90 Å². The Morgan fingerprint density at radius 3 is 2.36 bits per heavy atom. The highest BCUT2D eigenvalue weighted by Gasteiger charge is 2.25. The average Bonchev–Trinajstić information content (AvgIpc) is 3.14. The van der Waals surface area contributed by atoms with Crippen LogP contribution in [0, 0.1) is 11.8 Å². The van der Waals surface area contributed by atoms with Crippen LogP contribution in [0.4, 0.5) is 0 Å². The smallest absolute Gasteiger partial charge is 0.335 e. The SMILES string of the molecule is O=C(O)c1ccccc1CC1CCN(C(=O)CCC2CCCC2)CC1. The van der Waals surface area contributed by atoms with Crippen LogP contribution in [-0.4, -0.2) is 35.0 Å². The molecule has 1 N–H and O–H groups in total. The number of carbonyl (C=O) groups excluding carboxylic acids is 1. The molecule has 1 aliphatic heterocycles. The number of rotatable bonds is 6. The van der Waals surface area contributed by atoms with Crippen LogP contribution in [0.2, 0.25) is 0 Å². The van der Waals surface area contributed by atoms with Crippen molar-refractivity contribution < 1.29 is 14.7 Å². The third-order valence-corrected chi connectivity index (χ3v) is 5.96.